The van der Waals surface area contributed by atoms with E-state index in [4.69, 9.17) is 0 Å². The van der Waals surface area contributed by atoms with Gasteiger partial charge in [-0.2, -0.15) is 0 Å². The van der Waals surface area contributed by atoms with Crippen LogP contribution in [0.4, 0.5) is 14.9 Å². The smallest absolute Gasteiger partial charge is 0.325 e. The normalized spacial score (nSPS) is 20.6. The van der Waals surface area contributed by atoms with Crippen LogP contribution in [0, 0.1) is 5.82 Å². The summed E-state index contributed by atoms with van der Waals surface area (Å²) in [7, 11) is -0.537. The lowest BCUT2D eigenvalue weighted by atomic mass is 9.86. The Morgan fingerprint density at radius 2 is 1.82 bits per heavy atom. The molecule has 0 unspecified atom stereocenters. The van der Waals surface area contributed by atoms with Crippen LogP contribution in [0.25, 0.3) is 0 Å². The Bertz CT molecular complexity index is 1330. The van der Waals surface area contributed by atoms with Crippen LogP contribution in [-0.2, 0) is 25.0 Å². The summed E-state index contributed by atoms with van der Waals surface area (Å²) in [4.78, 5) is 52.2. The standard InChI is InChI=1S/C22H21FN4O6S/c1-26(2)19(29)13-3-6-15(7-4-13)24-18(28)12-27-20(30)22(25-21(27)31)9-10-34(32,33)17-8-5-14(23)11-16(17)22/h3-8,11H,9-10,12H2,1-2H3,(H,24,28)(H,25,31)/t22-/m1/s1. The minimum atomic E-state index is -3.75. The van der Waals surface area contributed by atoms with Crippen LogP contribution in [0.1, 0.15) is 22.3 Å². The van der Waals surface area contributed by atoms with Crippen molar-refractivity contribution in [2.75, 3.05) is 31.7 Å². The summed E-state index contributed by atoms with van der Waals surface area (Å²) in [5, 5.41) is 5.02. The zero-order valence-electron chi connectivity index (χ0n) is 18.3. The number of amides is 5. The van der Waals surface area contributed by atoms with E-state index in [-0.39, 0.29) is 22.8 Å². The van der Waals surface area contributed by atoms with Crippen molar-refractivity contribution in [3.8, 4) is 0 Å². The third-order valence-electron chi connectivity index (χ3n) is 5.78. The van der Waals surface area contributed by atoms with Crippen LogP contribution >= 0.6 is 0 Å². The zero-order valence-corrected chi connectivity index (χ0v) is 19.1. The van der Waals surface area contributed by atoms with E-state index in [0.29, 0.717) is 16.2 Å². The van der Waals surface area contributed by atoms with Gasteiger partial charge >= 0.3 is 6.03 Å². The number of halogens is 1. The SMILES string of the molecule is CN(C)C(=O)c1ccc(NC(=O)CN2C(=O)N[C@@]3(CCS(=O)(=O)c4ccc(F)cc43)C2=O)cc1. The first-order chi connectivity index (χ1) is 15.9. The van der Waals surface area contributed by atoms with Crippen LogP contribution in [0.5, 0.6) is 0 Å². The number of carbonyl (C=O) groups excluding carboxylic acids is 4. The Labute approximate surface area is 194 Å². The molecule has 12 heteroatoms. The number of anilines is 1. The average molecular weight is 488 g/mol. The summed E-state index contributed by atoms with van der Waals surface area (Å²) >= 11 is 0. The molecule has 1 fully saturated rings. The van der Waals surface area contributed by atoms with Crippen molar-refractivity contribution >= 4 is 39.3 Å². The van der Waals surface area contributed by atoms with Gasteiger partial charge in [-0.15, -0.1) is 0 Å². The van der Waals surface area contributed by atoms with Gasteiger partial charge in [0, 0.05) is 30.9 Å². The fourth-order valence-electron chi connectivity index (χ4n) is 4.06. The van der Waals surface area contributed by atoms with Crippen LogP contribution in [0.15, 0.2) is 47.4 Å². The summed E-state index contributed by atoms with van der Waals surface area (Å²) in [5.41, 5.74) is -1.16. The Kier molecular flexibility index (Phi) is 5.64. The van der Waals surface area contributed by atoms with E-state index in [0.717, 1.165) is 18.2 Å². The highest BCUT2D eigenvalue weighted by Crippen LogP contribution is 2.41. The maximum atomic E-state index is 14.0. The molecule has 178 valence electrons. The topological polar surface area (TPSA) is 133 Å². The van der Waals surface area contributed by atoms with E-state index >= 15 is 0 Å². The zero-order chi connectivity index (χ0) is 24.8. The number of nitrogens with zero attached hydrogens (tertiary/aromatic N) is 2. The van der Waals surface area contributed by atoms with Crippen LogP contribution < -0.4 is 10.6 Å². The van der Waals surface area contributed by atoms with Crippen LogP contribution in [-0.4, -0.2) is 68.4 Å². The highest BCUT2D eigenvalue weighted by Gasteiger charge is 2.56. The van der Waals surface area contributed by atoms with E-state index in [2.05, 4.69) is 10.6 Å². The third kappa shape index (κ3) is 3.89. The van der Waals surface area contributed by atoms with Gasteiger partial charge in [0.15, 0.2) is 9.84 Å². The summed E-state index contributed by atoms with van der Waals surface area (Å²) in [6, 6.07) is 8.13. The summed E-state index contributed by atoms with van der Waals surface area (Å²) in [6.07, 6.45) is -0.282. The van der Waals surface area contributed by atoms with Gasteiger partial charge in [-0.25, -0.2) is 17.6 Å². The lowest BCUT2D eigenvalue weighted by Crippen LogP contribution is -2.49. The molecule has 5 amide bonds. The highest BCUT2D eigenvalue weighted by molar-refractivity contribution is 7.91. The number of hydrogen-bond donors (Lipinski definition) is 2. The van der Waals surface area contributed by atoms with Crippen molar-refractivity contribution in [2.24, 2.45) is 0 Å². The minimum Gasteiger partial charge on any atom is -0.345 e. The Hall–Kier alpha value is -3.80. The number of nitrogens with one attached hydrogen (secondary N) is 2. The largest absolute Gasteiger partial charge is 0.345 e. The average Bonchev–Trinajstić information content (AvgIpc) is 3.01. The second kappa shape index (κ2) is 8.20. The number of sulfone groups is 1. The molecule has 34 heavy (non-hydrogen) atoms. The molecule has 2 aliphatic rings. The molecule has 0 aliphatic carbocycles. The molecule has 10 nitrogen and oxygen atoms in total. The monoisotopic (exact) mass is 488 g/mol. The summed E-state index contributed by atoms with van der Waals surface area (Å²) in [5.74, 6) is -2.91. The van der Waals surface area contributed by atoms with Gasteiger partial charge in [0.1, 0.15) is 17.9 Å². The van der Waals surface area contributed by atoms with Crippen molar-refractivity contribution in [1.82, 2.24) is 15.1 Å². The first-order valence-corrected chi connectivity index (χ1v) is 11.9. The van der Waals surface area contributed by atoms with Crippen molar-refractivity contribution in [3.05, 3.63) is 59.4 Å². The molecule has 1 saturated heterocycles. The predicted octanol–water partition coefficient (Wildman–Crippen LogP) is 1.09. The minimum absolute atomic E-state index is 0.152. The number of hydrogen-bond acceptors (Lipinski definition) is 6. The molecule has 0 radical (unpaired) electrons. The Morgan fingerprint density at radius 1 is 1.15 bits per heavy atom. The molecule has 2 N–H and O–H groups in total. The first kappa shape index (κ1) is 23.4. The molecule has 2 aromatic carbocycles. The second-order valence-electron chi connectivity index (χ2n) is 8.26. The van der Waals surface area contributed by atoms with Gasteiger partial charge in [-0.05, 0) is 48.9 Å². The predicted molar refractivity (Wildman–Crippen MR) is 118 cm³/mol. The maximum absolute atomic E-state index is 14.0. The second-order valence-corrected chi connectivity index (χ2v) is 10.3. The molecule has 2 heterocycles. The number of rotatable bonds is 4. The molecule has 0 saturated carbocycles. The third-order valence-corrected chi connectivity index (χ3v) is 7.55. The number of carbonyl (C=O) groups is 4. The van der Waals surface area contributed by atoms with Crippen molar-refractivity contribution in [2.45, 2.75) is 16.9 Å². The highest BCUT2D eigenvalue weighted by atomic mass is 32.2. The van der Waals surface area contributed by atoms with E-state index in [1.165, 1.54) is 29.2 Å². The van der Waals surface area contributed by atoms with Gasteiger partial charge in [0.2, 0.25) is 5.91 Å². The molecule has 0 aromatic heterocycles. The van der Waals surface area contributed by atoms with E-state index in [9.17, 15) is 32.0 Å². The van der Waals surface area contributed by atoms with E-state index < -0.39 is 51.3 Å². The summed E-state index contributed by atoms with van der Waals surface area (Å²) in [6.45, 7) is -0.637. The van der Waals surface area contributed by atoms with Crippen LogP contribution in [0.3, 0.4) is 0 Å². The maximum Gasteiger partial charge on any atom is 0.325 e. The first-order valence-electron chi connectivity index (χ1n) is 10.2. The van der Waals surface area contributed by atoms with Crippen molar-refractivity contribution in [3.63, 3.8) is 0 Å². The molecule has 2 aromatic rings. The number of fused-ring (bicyclic) bond motifs is 2. The Morgan fingerprint density at radius 3 is 2.47 bits per heavy atom. The number of benzene rings is 2. The molecule has 0 bridgehead atoms. The summed E-state index contributed by atoms with van der Waals surface area (Å²) < 4.78 is 38.8. The van der Waals surface area contributed by atoms with E-state index in [1.807, 2.05) is 0 Å². The molecule has 4 rings (SSSR count). The Balaban J connectivity index is 1.54. The fraction of sp³-hybridized carbons (Fsp3) is 0.273. The lowest BCUT2D eigenvalue weighted by Gasteiger charge is -2.32. The molecular formula is C22H21FN4O6S. The van der Waals surface area contributed by atoms with Crippen molar-refractivity contribution in [1.29, 1.82) is 0 Å². The van der Waals surface area contributed by atoms with Gasteiger partial charge in [0.05, 0.1) is 10.6 Å². The van der Waals surface area contributed by atoms with Gasteiger partial charge in [-0.1, -0.05) is 0 Å². The van der Waals surface area contributed by atoms with Crippen LogP contribution in [0.2, 0.25) is 0 Å². The van der Waals surface area contributed by atoms with Gasteiger partial charge < -0.3 is 15.5 Å². The van der Waals surface area contributed by atoms with Gasteiger partial charge in [0.25, 0.3) is 11.8 Å². The molecule has 1 atom stereocenters. The van der Waals surface area contributed by atoms with Gasteiger partial charge in [-0.3, -0.25) is 19.3 Å². The molecule has 2 aliphatic heterocycles. The number of imide groups is 1. The number of urea groups is 1. The molecular weight excluding hydrogens is 467 g/mol. The quantitative estimate of drug-likeness (QED) is 0.489. The van der Waals surface area contributed by atoms with E-state index in [1.54, 1.807) is 14.1 Å². The fourth-order valence-corrected chi connectivity index (χ4v) is 5.70. The van der Waals surface area contributed by atoms with Crippen molar-refractivity contribution < 1.29 is 32.0 Å². The lowest BCUT2D eigenvalue weighted by molar-refractivity contribution is -0.134. The molecule has 1 spiro atoms.